The number of thioether (sulfide) groups is 1. The zero-order valence-electron chi connectivity index (χ0n) is 18.5. The van der Waals surface area contributed by atoms with E-state index in [1.165, 1.54) is 12.8 Å². The average Bonchev–Trinajstić information content (AvgIpc) is 3.17. The highest BCUT2D eigenvalue weighted by atomic mass is 32.2. The van der Waals surface area contributed by atoms with Gasteiger partial charge in [0.2, 0.25) is 0 Å². The molecule has 1 amide bonds. The molecule has 1 aromatic carbocycles. The summed E-state index contributed by atoms with van der Waals surface area (Å²) in [7, 11) is 2.06. The van der Waals surface area contributed by atoms with Gasteiger partial charge in [-0.05, 0) is 38.5 Å². The minimum absolute atomic E-state index is 0.0676. The average molecular weight is 414 g/mol. The van der Waals surface area contributed by atoms with Gasteiger partial charge in [-0.15, -0.1) is 11.8 Å². The van der Waals surface area contributed by atoms with Crippen molar-refractivity contribution in [3.05, 3.63) is 41.7 Å². The van der Waals surface area contributed by atoms with Crippen molar-refractivity contribution in [1.82, 2.24) is 14.8 Å². The molecule has 1 N–H and O–H groups in total. The van der Waals surface area contributed by atoms with E-state index < -0.39 is 0 Å². The lowest BCUT2D eigenvalue weighted by Gasteiger charge is -2.30. The molecule has 1 unspecified atom stereocenters. The molecule has 3 rings (SSSR count). The van der Waals surface area contributed by atoms with Crippen molar-refractivity contribution in [3.63, 3.8) is 0 Å². The quantitative estimate of drug-likeness (QED) is 0.531. The van der Waals surface area contributed by atoms with Crippen molar-refractivity contribution < 1.29 is 4.79 Å². The zero-order valence-corrected chi connectivity index (χ0v) is 19.3. The second-order valence-electron chi connectivity index (χ2n) is 8.12. The molecule has 0 aliphatic carbocycles. The van der Waals surface area contributed by atoms with Gasteiger partial charge in [-0.1, -0.05) is 44.9 Å². The van der Waals surface area contributed by atoms with E-state index >= 15 is 0 Å². The van der Waals surface area contributed by atoms with Crippen LogP contribution in [-0.4, -0.2) is 39.1 Å². The largest absolute Gasteiger partial charge is 0.385 e. The molecule has 0 saturated carbocycles. The van der Waals surface area contributed by atoms with E-state index in [9.17, 15) is 4.79 Å². The third kappa shape index (κ3) is 4.35. The van der Waals surface area contributed by atoms with Gasteiger partial charge in [-0.3, -0.25) is 4.79 Å². The molecule has 0 bridgehead atoms. The van der Waals surface area contributed by atoms with Gasteiger partial charge in [-0.25, -0.2) is 0 Å². The number of carbonyl (C=O) groups is 1. The summed E-state index contributed by atoms with van der Waals surface area (Å²) in [6.07, 6.45) is 6.76. The van der Waals surface area contributed by atoms with Crippen molar-refractivity contribution in [2.45, 2.75) is 64.8 Å². The monoisotopic (exact) mass is 413 g/mol. The second kappa shape index (κ2) is 9.75. The third-order valence-electron chi connectivity index (χ3n) is 5.52. The molecule has 2 aromatic rings. The number of nitrogens with zero attached hydrogens (tertiary/aromatic N) is 2. The molecule has 29 heavy (non-hydrogen) atoms. The SMILES string of the molecule is CCCCCNC1=C(c2cn(C)c3ccccc23)C(=O)N(C(C)C)C1SCCC. The predicted molar refractivity (Wildman–Crippen MR) is 126 cm³/mol. The van der Waals surface area contributed by atoms with Gasteiger partial charge in [0.1, 0.15) is 5.37 Å². The molecule has 1 aliphatic rings. The van der Waals surface area contributed by atoms with Gasteiger partial charge >= 0.3 is 0 Å². The maximum absolute atomic E-state index is 13.7. The molecular weight excluding hydrogens is 378 g/mol. The van der Waals surface area contributed by atoms with Crippen molar-refractivity contribution in [2.75, 3.05) is 12.3 Å². The summed E-state index contributed by atoms with van der Waals surface area (Å²) in [5.74, 6) is 1.20. The first-order valence-corrected chi connectivity index (χ1v) is 12.0. The van der Waals surface area contributed by atoms with Gasteiger partial charge in [0.25, 0.3) is 5.91 Å². The minimum atomic E-state index is 0.0676. The first-order valence-electron chi connectivity index (χ1n) is 11.0. The minimum Gasteiger partial charge on any atom is -0.385 e. The number of unbranched alkanes of at least 4 members (excludes halogenated alkanes) is 2. The summed E-state index contributed by atoms with van der Waals surface area (Å²) in [5.41, 5.74) is 4.18. The molecule has 0 radical (unpaired) electrons. The topological polar surface area (TPSA) is 37.3 Å². The fraction of sp³-hybridized carbons (Fsp3) is 0.542. The van der Waals surface area contributed by atoms with E-state index in [-0.39, 0.29) is 17.3 Å². The van der Waals surface area contributed by atoms with Crippen LogP contribution in [0.3, 0.4) is 0 Å². The van der Waals surface area contributed by atoms with Crippen molar-refractivity contribution in [3.8, 4) is 0 Å². The van der Waals surface area contributed by atoms with Crippen molar-refractivity contribution in [2.24, 2.45) is 7.05 Å². The van der Waals surface area contributed by atoms with E-state index in [0.29, 0.717) is 0 Å². The first kappa shape index (κ1) is 21.8. The van der Waals surface area contributed by atoms with Crippen LogP contribution in [-0.2, 0) is 11.8 Å². The van der Waals surface area contributed by atoms with Crippen molar-refractivity contribution in [1.29, 1.82) is 0 Å². The van der Waals surface area contributed by atoms with Crippen LogP contribution in [0.25, 0.3) is 16.5 Å². The maximum Gasteiger partial charge on any atom is 0.257 e. The highest BCUT2D eigenvalue weighted by molar-refractivity contribution is 8.00. The maximum atomic E-state index is 13.7. The fourth-order valence-corrected chi connectivity index (χ4v) is 5.41. The number of carbonyl (C=O) groups excluding carboxylic acids is 1. The van der Waals surface area contributed by atoms with E-state index in [1.54, 1.807) is 0 Å². The molecule has 0 saturated heterocycles. The number of benzene rings is 1. The van der Waals surface area contributed by atoms with Gasteiger partial charge in [0.05, 0.1) is 11.3 Å². The number of para-hydroxylation sites is 1. The standard InChI is InChI=1S/C24H35N3OS/c1-6-8-11-14-25-22-21(19-16-26(5)20-13-10-9-12-18(19)20)23(28)27(17(3)4)24(22)29-15-7-2/h9-10,12-13,16-17,24-25H,6-8,11,14-15H2,1-5H3. The van der Waals surface area contributed by atoms with Crippen LogP contribution in [0.4, 0.5) is 0 Å². The van der Waals surface area contributed by atoms with E-state index in [4.69, 9.17) is 0 Å². The number of hydrogen-bond acceptors (Lipinski definition) is 3. The normalized spacial score (nSPS) is 17.2. The molecule has 158 valence electrons. The smallest absolute Gasteiger partial charge is 0.257 e. The molecule has 0 spiro atoms. The van der Waals surface area contributed by atoms with Crippen LogP contribution in [0.5, 0.6) is 0 Å². The lowest BCUT2D eigenvalue weighted by Crippen LogP contribution is -2.41. The zero-order chi connectivity index (χ0) is 21.0. The fourth-order valence-electron chi connectivity index (χ4n) is 4.09. The summed E-state index contributed by atoms with van der Waals surface area (Å²) >= 11 is 1.88. The van der Waals surface area contributed by atoms with Gasteiger partial charge in [0.15, 0.2) is 0 Å². The van der Waals surface area contributed by atoms with Crippen LogP contribution in [0.2, 0.25) is 0 Å². The van der Waals surface area contributed by atoms with Gasteiger partial charge < -0.3 is 14.8 Å². The molecule has 5 heteroatoms. The number of nitrogens with one attached hydrogen (secondary N) is 1. The molecule has 1 aromatic heterocycles. The summed E-state index contributed by atoms with van der Waals surface area (Å²) in [6.45, 7) is 9.59. The van der Waals surface area contributed by atoms with Gasteiger partial charge in [0, 0.05) is 42.3 Å². The van der Waals surface area contributed by atoms with Crippen LogP contribution in [0.15, 0.2) is 36.2 Å². The Morgan fingerprint density at radius 2 is 1.90 bits per heavy atom. The Balaban J connectivity index is 2.10. The second-order valence-corrected chi connectivity index (χ2v) is 9.31. The highest BCUT2D eigenvalue weighted by Gasteiger charge is 2.42. The highest BCUT2D eigenvalue weighted by Crippen LogP contribution is 2.41. The van der Waals surface area contributed by atoms with Gasteiger partial charge in [-0.2, -0.15) is 0 Å². The number of hydrogen-bond donors (Lipinski definition) is 1. The lowest BCUT2D eigenvalue weighted by atomic mass is 10.0. The number of fused-ring (bicyclic) bond motifs is 1. The molecule has 0 fully saturated rings. The lowest BCUT2D eigenvalue weighted by molar-refractivity contribution is -0.125. The summed E-state index contributed by atoms with van der Waals surface area (Å²) < 4.78 is 2.13. The molecule has 1 aliphatic heterocycles. The van der Waals surface area contributed by atoms with Crippen molar-refractivity contribution >= 4 is 34.1 Å². The van der Waals surface area contributed by atoms with Crippen LogP contribution < -0.4 is 5.32 Å². The Morgan fingerprint density at radius 1 is 1.14 bits per heavy atom. The number of aromatic nitrogens is 1. The number of aryl methyl sites for hydroxylation is 1. The van der Waals surface area contributed by atoms with Crippen LogP contribution >= 0.6 is 11.8 Å². The number of rotatable bonds is 10. The van der Waals surface area contributed by atoms with E-state index in [1.807, 2.05) is 11.8 Å². The van der Waals surface area contributed by atoms with Crippen LogP contribution in [0, 0.1) is 0 Å². The Hall–Kier alpha value is -1.88. The van der Waals surface area contributed by atoms with E-state index in [2.05, 4.69) is 80.0 Å². The summed E-state index contributed by atoms with van der Waals surface area (Å²) in [4.78, 5) is 15.7. The summed E-state index contributed by atoms with van der Waals surface area (Å²) in [6, 6.07) is 8.53. The van der Waals surface area contributed by atoms with Crippen LogP contribution in [0.1, 0.15) is 58.9 Å². The molecule has 1 atom stereocenters. The Kier molecular flexibility index (Phi) is 7.33. The predicted octanol–water partition coefficient (Wildman–Crippen LogP) is 5.39. The summed E-state index contributed by atoms with van der Waals surface area (Å²) in [5, 5.41) is 4.92. The Morgan fingerprint density at radius 3 is 2.59 bits per heavy atom. The molecule has 4 nitrogen and oxygen atoms in total. The Labute approximate surface area is 179 Å². The van der Waals surface area contributed by atoms with E-state index in [0.717, 1.165) is 52.9 Å². The molecule has 2 heterocycles. The number of amides is 1. The Bertz CT molecular complexity index is 883. The third-order valence-corrected chi connectivity index (χ3v) is 6.94. The first-order chi connectivity index (χ1) is 14.0. The molecular formula is C24H35N3OS.